The van der Waals surface area contributed by atoms with Crippen molar-refractivity contribution < 1.29 is 14.3 Å². The predicted molar refractivity (Wildman–Crippen MR) is 102 cm³/mol. The zero-order chi connectivity index (χ0) is 18.8. The first-order chi connectivity index (χ1) is 13.2. The van der Waals surface area contributed by atoms with Crippen LogP contribution in [0.3, 0.4) is 0 Å². The van der Waals surface area contributed by atoms with E-state index in [1.807, 2.05) is 53.4 Å². The van der Waals surface area contributed by atoms with Gasteiger partial charge in [0.2, 0.25) is 0 Å². The lowest BCUT2D eigenvalue weighted by Gasteiger charge is -2.41. The average Bonchev–Trinajstić information content (AvgIpc) is 3.17. The zero-order valence-corrected chi connectivity index (χ0v) is 15.3. The molecule has 1 amide bonds. The number of H-pyrrole nitrogens is 1. The van der Waals surface area contributed by atoms with Crippen LogP contribution in [-0.2, 0) is 0 Å². The monoisotopic (exact) mass is 363 g/mol. The van der Waals surface area contributed by atoms with E-state index in [9.17, 15) is 4.79 Å². The van der Waals surface area contributed by atoms with Gasteiger partial charge in [-0.2, -0.15) is 5.10 Å². The van der Waals surface area contributed by atoms with E-state index in [2.05, 4.69) is 10.2 Å². The van der Waals surface area contributed by atoms with Crippen molar-refractivity contribution in [1.82, 2.24) is 15.1 Å². The molecule has 0 spiro atoms. The third-order valence-electron chi connectivity index (χ3n) is 4.95. The van der Waals surface area contributed by atoms with Crippen LogP contribution >= 0.6 is 0 Å². The van der Waals surface area contributed by atoms with E-state index >= 15 is 0 Å². The first kappa shape index (κ1) is 17.1. The SMILES string of the molecule is COc1ccc(-c2cc(C(=O)N3CC[C@H]3c3cccc(OC)c3)[nH]n2)cc1. The van der Waals surface area contributed by atoms with Gasteiger partial charge in [0, 0.05) is 12.1 Å². The van der Waals surface area contributed by atoms with Crippen LogP contribution < -0.4 is 9.47 Å². The highest BCUT2D eigenvalue weighted by atomic mass is 16.5. The normalized spacial score (nSPS) is 15.9. The Balaban J connectivity index is 1.52. The van der Waals surface area contributed by atoms with E-state index in [4.69, 9.17) is 9.47 Å². The van der Waals surface area contributed by atoms with Crippen LogP contribution in [0.15, 0.2) is 54.6 Å². The lowest BCUT2D eigenvalue weighted by atomic mass is 9.94. The van der Waals surface area contributed by atoms with Crippen molar-refractivity contribution in [3.05, 3.63) is 65.9 Å². The van der Waals surface area contributed by atoms with Gasteiger partial charge in [-0.05, 0) is 54.4 Å². The number of likely N-dealkylation sites (tertiary alicyclic amines) is 1. The molecule has 1 N–H and O–H groups in total. The van der Waals surface area contributed by atoms with Crippen LogP contribution in [-0.4, -0.2) is 41.8 Å². The molecular weight excluding hydrogens is 342 g/mol. The Morgan fingerprint density at radius 2 is 1.85 bits per heavy atom. The molecule has 1 aliphatic heterocycles. The molecule has 0 radical (unpaired) electrons. The maximum absolute atomic E-state index is 12.9. The van der Waals surface area contributed by atoms with E-state index in [0.717, 1.165) is 41.3 Å². The Morgan fingerprint density at radius 3 is 2.52 bits per heavy atom. The minimum absolute atomic E-state index is 0.0404. The summed E-state index contributed by atoms with van der Waals surface area (Å²) in [6.07, 6.45) is 0.943. The lowest BCUT2D eigenvalue weighted by Crippen LogP contribution is -2.45. The Morgan fingerprint density at radius 1 is 1.07 bits per heavy atom. The van der Waals surface area contributed by atoms with Gasteiger partial charge in [0.15, 0.2) is 0 Å². The Hall–Kier alpha value is -3.28. The molecule has 6 nitrogen and oxygen atoms in total. The fourth-order valence-electron chi connectivity index (χ4n) is 3.32. The summed E-state index contributed by atoms with van der Waals surface area (Å²) in [5.41, 5.74) is 3.25. The third-order valence-corrected chi connectivity index (χ3v) is 4.95. The Kier molecular flexibility index (Phi) is 4.54. The van der Waals surface area contributed by atoms with Gasteiger partial charge in [0.1, 0.15) is 17.2 Å². The summed E-state index contributed by atoms with van der Waals surface area (Å²) in [4.78, 5) is 14.8. The second-order valence-electron chi connectivity index (χ2n) is 6.47. The van der Waals surface area contributed by atoms with E-state index in [0.29, 0.717) is 5.69 Å². The zero-order valence-electron chi connectivity index (χ0n) is 15.3. The number of nitrogens with one attached hydrogen (secondary N) is 1. The second kappa shape index (κ2) is 7.15. The number of methoxy groups -OCH3 is 2. The molecule has 0 unspecified atom stereocenters. The number of amides is 1. The molecule has 1 saturated heterocycles. The van der Waals surface area contributed by atoms with Gasteiger partial charge in [0.25, 0.3) is 5.91 Å². The summed E-state index contributed by atoms with van der Waals surface area (Å²) in [5.74, 6) is 1.55. The fraction of sp³-hybridized carbons (Fsp3) is 0.238. The Bertz CT molecular complexity index is 949. The first-order valence-electron chi connectivity index (χ1n) is 8.84. The second-order valence-corrected chi connectivity index (χ2v) is 6.47. The van der Waals surface area contributed by atoms with E-state index in [1.54, 1.807) is 20.3 Å². The standard InChI is InChI=1S/C21H21N3O3/c1-26-16-8-6-14(7-9-16)18-13-19(23-22-18)21(25)24-11-10-20(24)15-4-3-5-17(12-15)27-2/h3-9,12-13,20H,10-11H2,1-2H3,(H,22,23)/t20-/m0/s1. The van der Waals surface area contributed by atoms with E-state index in [1.165, 1.54) is 0 Å². The summed E-state index contributed by atoms with van der Waals surface area (Å²) in [7, 11) is 3.28. The molecule has 1 aliphatic rings. The minimum Gasteiger partial charge on any atom is -0.497 e. The lowest BCUT2D eigenvalue weighted by molar-refractivity contribution is 0.0453. The first-order valence-corrected chi connectivity index (χ1v) is 8.84. The van der Waals surface area contributed by atoms with Crippen LogP contribution in [0.4, 0.5) is 0 Å². The predicted octanol–water partition coefficient (Wildman–Crippen LogP) is 3.68. The van der Waals surface area contributed by atoms with Gasteiger partial charge in [-0.1, -0.05) is 12.1 Å². The summed E-state index contributed by atoms with van der Waals surface area (Å²) < 4.78 is 10.5. The van der Waals surface area contributed by atoms with Crippen molar-refractivity contribution >= 4 is 5.91 Å². The minimum atomic E-state index is -0.0404. The van der Waals surface area contributed by atoms with E-state index in [-0.39, 0.29) is 11.9 Å². The molecule has 2 heterocycles. The number of carbonyl (C=O) groups excluding carboxylic acids is 1. The van der Waals surface area contributed by atoms with Crippen LogP contribution in [0.25, 0.3) is 11.3 Å². The highest BCUT2D eigenvalue weighted by molar-refractivity contribution is 5.94. The summed E-state index contributed by atoms with van der Waals surface area (Å²) in [5, 5.41) is 7.17. The van der Waals surface area contributed by atoms with Gasteiger partial charge in [-0.15, -0.1) is 0 Å². The molecule has 0 aliphatic carbocycles. The van der Waals surface area contributed by atoms with Crippen molar-refractivity contribution in [2.75, 3.05) is 20.8 Å². The molecule has 2 aromatic carbocycles. The topological polar surface area (TPSA) is 67.4 Å². The van der Waals surface area contributed by atoms with Gasteiger partial charge in [-0.3, -0.25) is 9.89 Å². The number of nitrogens with zero attached hydrogens (tertiary/aromatic N) is 2. The highest BCUT2D eigenvalue weighted by Crippen LogP contribution is 2.36. The molecule has 1 aromatic heterocycles. The van der Waals surface area contributed by atoms with Crippen LogP contribution in [0.2, 0.25) is 0 Å². The van der Waals surface area contributed by atoms with Crippen molar-refractivity contribution in [2.24, 2.45) is 0 Å². The number of benzene rings is 2. The molecule has 1 fully saturated rings. The van der Waals surface area contributed by atoms with Gasteiger partial charge in [-0.25, -0.2) is 0 Å². The van der Waals surface area contributed by atoms with Crippen LogP contribution in [0.1, 0.15) is 28.5 Å². The quantitative estimate of drug-likeness (QED) is 0.751. The summed E-state index contributed by atoms with van der Waals surface area (Å²) in [6.45, 7) is 0.734. The largest absolute Gasteiger partial charge is 0.497 e. The average molecular weight is 363 g/mol. The molecule has 27 heavy (non-hydrogen) atoms. The van der Waals surface area contributed by atoms with Gasteiger partial charge < -0.3 is 14.4 Å². The van der Waals surface area contributed by atoms with Crippen molar-refractivity contribution in [1.29, 1.82) is 0 Å². The van der Waals surface area contributed by atoms with Gasteiger partial charge in [0.05, 0.1) is 26.0 Å². The third kappa shape index (κ3) is 3.26. The number of carbonyl (C=O) groups is 1. The number of hydrogen-bond acceptors (Lipinski definition) is 4. The summed E-state index contributed by atoms with van der Waals surface area (Å²) >= 11 is 0. The maximum atomic E-state index is 12.9. The number of ether oxygens (including phenoxy) is 2. The summed E-state index contributed by atoms with van der Waals surface area (Å²) in [6, 6.07) is 17.3. The highest BCUT2D eigenvalue weighted by Gasteiger charge is 2.34. The molecule has 138 valence electrons. The van der Waals surface area contributed by atoms with Crippen molar-refractivity contribution in [3.63, 3.8) is 0 Å². The fourth-order valence-corrected chi connectivity index (χ4v) is 3.32. The molecule has 3 aromatic rings. The van der Waals surface area contributed by atoms with Crippen LogP contribution in [0.5, 0.6) is 11.5 Å². The van der Waals surface area contributed by atoms with E-state index < -0.39 is 0 Å². The number of hydrogen-bond donors (Lipinski definition) is 1. The maximum Gasteiger partial charge on any atom is 0.272 e. The molecule has 1 atom stereocenters. The van der Waals surface area contributed by atoms with Crippen molar-refractivity contribution in [3.8, 4) is 22.8 Å². The van der Waals surface area contributed by atoms with Gasteiger partial charge >= 0.3 is 0 Å². The molecule has 4 rings (SSSR count). The number of rotatable bonds is 5. The smallest absolute Gasteiger partial charge is 0.272 e. The van der Waals surface area contributed by atoms with Crippen LogP contribution in [0, 0.1) is 0 Å². The molecular formula is C21H21N3O3. The Labute approximate surface area is 157 Å². The molecule has 0 saturated carbocycles. The number of aromatic nitrogens is 2. The molecule has 6 heteroatoms. The van der Waals surface area contributed by atoms with Crippen molar-refractivity contribution in [2.45, 2.75) is 12.5 Å². The molecule has 0 bridgehead atoms. The number of aromatic amines is 1.